The van der Waals surface area contributed by atoms with Gasteiger partial charge in [0.1, 0.15) is 0 Å². The number of esters is 2. The molecule has 0 atom stereocenters. The Morgan fingerprint density at radius 2 is 1.66 bits per heavy atom. The number of fused-ring (bicyclic) bond motifs is 1. The van der Waals surface area contributed by atoms with Gasteiger partial charge in [-0.3, -0.25) is 0 Å². The number of hydrogen-bond donors (Lipinski definition) is 1. The Bertz CT molecular complexity index is 1140. The molecule has 0 aliphatic heterocycles. The molecule has 0 unspecified atom stereocenters. The van der Waals surface area contributed by atoms with Crippen LogP contribution in [-0.4, -0.2) is 36.1 Å². The summed E-state index contributed by atoms with van der Waals surface area (Å²) in [7, 11) is 0. The number of hydrogen-bond acceptors (Lipinski definition) is 7. The Balaban J connectivity index is 0.00000363. The van der Waals surface area contributed by atoms with Crippen LogP contribution in [0.15, 0.2) is 66.5 Å². The molecule has 9 heteroatoms. The molecule has 1 heterocycles. The molecule has 0 saturated heterocycles. The first kappa shape index (κ1) is 25.2. The molecule has 0 aliphatic rings. The van der Waals surface area contributed by atoms with Gasteiger partial charge in [-0.05, 0) is 44.2 Å². The van der Waals surface area contributed by atoms with Crippen molar-refractivity contribution >= 4 is 40.2 Å². The summed E-state index contributed by atoms with van der Waals surface area (Å²) in [6.07, 6.45) is 2.85. The van der Waals surface area contributed by atoms with Crippen molar-refractivity contribution in [3.63, 3.8) is 0 Å². The van der Waals surface area contributed by atoms with Gasteiger partial charge in [-0.2, -0.15) is 0 Å². The van der Waals surface area contributed by atoms with E-state index in [2.05, 4.69) is 4.98 Å². The van der Waals surface area contributed by atoms with E-state index >= 15 is 0 Å². The number of anilines is 2. The van der Waals surface area contributed by atoms with Gasteiger partial charge in [0, 0.05) is 29.0 Å². The summed E-state index contributed by atoms with van der Waals surface area (Å²) in [6.45, 7) is 3.56. The third kappa shape index (κ3) is 5.59. The first-order valence-electron chi connectivity index (χ1n) is 9.69. The minimum absolute atomic E-state index is 0. The van der Waals surface area contributed by atoms with Gasteiger partial charge < -0.3 is 29.3 Å². The summed E-state index contributed by atoms with van der Waals surface area (Å²) < 4.78 is 9.86. The minimum atomic E-state index is -1.66. The summed E-state index contributed by atoms with van der Waals surface area (Å²) in [5, 5.41) is 12.5. The summed E-state index contributed by atoms with van der Waals surface area (Å²) in [5.74, 6) is -3.13. The van der Waals surface area contributed by atoms with Crippen LogP contribution in [0.3, 0.4) is 0 Å². The van der Waals surface area contributed by atoms with Gasteiger partial charge in [-0.15, -0.1) is 0 Å². The largest absolute Gasteiger partial charge is 1.00 e. The number of aromatic amines is 1. The number of ether oxygens (including phenoxy) is 2. The topological polar surface area (TPSA) is 112 Å². The van der Waals surface area contributed by atoms with Crippen LogP contribution in [0.4, 0.5) is 11.4 Å². The molecule has 0 amide bonds. The summed E-state index contributed by atoms with van der Waals surface area (Å²) in [5.41, 5.74) is 1.65. The average Bonchev–Trinajstić information content (AvgIpc) is 3.18. The number of carboxylic acids is 1. The SMILES string of the molecule is CCOC(=O)/C(=C/N(c1ccc(C(=O)OCC)cc1)c1c[nH]c2ccccc12)C(=O)[O-].[Na+]. The Hall–Kier alpha value is -3.07. The Kier molecular flexibility index (Phi) is 9.07. The second-order valence-electron chi connectivity index (χ2n) is 6.41. The summed E-state index contributed by atoms with van der Waals surface area (Å²) in [6, 6.07) is 13.8. The number of nitrogens with zero attached hydrogens (tertiary/aromatic N) is 1. The number of para-hydroxylation sites is 1. The first-order valence-corrected chi connectivity index (χ1v) is 9.69. The van der Waals surface area contributed by atoms with Crippen molar-refractivity contribution < 1.29 is 58.5 Å². The average molecular weight is 444 g/mol. The van der Waals surface area contributed by atoms with E-state index in [1.54, 1.807) is 44.3 Å². The number of aromatic nitrogens is 1. The summed E-state index contributed by atoms with van der Waals surface area (Å²) >= 11 is 0. The van der Waals surface area contributed by atoms with Gasteiger partial charge in [0.25, 0.3) is 0 Å². The van der Waals surface area contributed by atoms with Gasteiger partial charge in [0.05, 0.1) is 36.0 Å². The molecule has 0 saturated carbocycles. The molecule has 0 spiro atoms. The van der Waals surface area contributed by atoms with Crippen LogP contribution in [0.1, 0.15) is 24.2 Å². The van der Waals surface area contributed by atoms with Crippen molar-refractivity contribution in [2.45, 2.75) is 13.8 Å². The molecule has 3 aromatic rings. The normalized spacial score (nSPS) is 10.9. The number of H-pyrrole nitrogens is 1. The Morgan fingerprint density at radius 3 is 2.28 bits per heavy atom. The maximum atomic E-state index is 12.2. The number of carbonyl (C=O) groups is 3. The van der Waals surface area contributed by atoms with Gasteiger partial charge in [0.15, 0.2) is 0 Å². The van der Waals surface area contributed by atoms with Crippen LogP contribution in [0.25, 0.3) is 10.9 Å². The van der Waals surface area contributed by atoms with Crippen LogP contribution in [0.2, 0.25) is 0 Å². The number of rotatable bonds is 8. The number of carboxylic acid groups (broad SMARTS) is 1. The van der Waals surface area contributed by atoms with E-state index in [0.717, 1.165) is 17.1 Å². The van der Waals surface area contributed by atoms with E-state index in [9.17, 15) is 19.5 Å². The van der Waals surface area contributed by atoms with Crippen LogP contribution >= 0.6 is 0 Å². The number of carbonyl (C=O) groups excluding carboxylic acids is 3. The van der Waals surface area contributed by atoms with Gasteiger partial charge in [-0.1, -0.05) is 18.2 Å². The van der Waals surface area contributed by atoms with E-state index in [-0.39, 0.29) is 42.8 Å². The quantitative estimate of drug-likeness (QED) is 0.167. The molecule has 0 radical (unpaired) electrons. The van der Waals surface area contributed by atoms with Gasteiger partial charge in [0.2, 0.25) is 0 Å². The number of benzene rings is 2. The van der Waals surface area contributed by atoms with E-state index in [1.165, 1.54) is 4.90 Å². The molecule has 1 aromatic heterocycles. The van der Waals surface area contributed by atoms with E-state index in [1.807, 2.05) is 24.3 Å². The zero-order valence-electron chi connectivity index (χ0n) is 18.1. The minimum Gasteiger partial charge on any atom is -0.544 e. The predicted octanol–water partition coefficient (Wildman–Crippen LogP) is -0.316. The third-order valence-electron chi connectivity index (χ3n) is 4.46. The maximum absolute atomic E-state index is 12.2. The first-order chi connectivity index (χ1) is 15.0. The molecular weight excluding hydrogens is 423 g/mol. The fraction of sp³-hybridized carbons (Fsp3) is 0.174. The van der Waals surface area contributed by atoms with E-state index < -0.39 is 23.5 Å². The van der Waals surface area contributed by atoms with Gasteiger partial charge >= 0.3 is 41.5 Å². The molecule has 0 fully saturated rings. The van der Waals surface area contributed by atoms with E-state index in [4.69, 9.17) is 9.47 Å². The van der Waals surface area contributed by atoms with Crippen molar-refractivity contribution in [3.05, 3.63) is 72.1 Å². The van der Waals surface area contributed by atoms with Crippen LogP contribution < -0.4 is 39.6 Å². The fourth-order valence-electron chi connectivity index (χ4n) is 3.04. The fourth-order valence-corrected chi connectivity index (χ4v) is 3.04. The molecule has 3 rings (SSSR count). The number of nitrogens with one attached hydrogen (secondary N) is 1. The molecule has 32 heavy (non-hydrogen) atoms. The standard InChI is InChI=1S/C23H22N2O6.Na/c1-3-30-22(28)15-9-11-16(12-10-15)25(14-18(21(26)27)23(29)31-4-2)20-13-24-19-8-6-5-7-17(19)20;/h5-14,24H,3-4H2,1-2H3,(H,26,27);/q;+1/p-1/b18-14+;. The van der Waals surface area contributed by atoms with Crippen molar-refractivity contribution in [2.24, 2.45) is 0 Å². The molecule has 0 bridgehead atoms. The number of aliphatic carboxylic acids is 1. The molecule has 160 valence electrons. The zero-order valence-corrected chi connectivity index (χ0v) is 20.1. The molecular formula is C23H21N2NaO6. The summed E-state index contributed by atoms with van der Waals surface area (Å²) in [4.78, 5) is 40.4. The van der Waals surface area contributed by atoms with Crippen LogP contribution in [0.5, 0.6) is 0 Å². The Morgan fingerprint density at radius 1 is 1.00 bits per heavy atom. The second kappa shape index (κ2) is 11.5. The smallest absolute Gasteiger partial charge is 0.544 e. The van der Waals surface area contributed by atoms with Crippen LogP contribution in [-0.2, 0) is 19.1 Å². The molecule has 1 N–H and O–H groups in total. The maximum Gasteiger partial charge on any atom is 1.00 e. The molecule has 0 aliphatic carbocycles. The van der Waals surface area contributed by atoms with Gasteiger partial charge in [-0.25, -0.2) is 9.59 Å². The van der Waals surface area contributed by atoms with Crippen molar-refractivity contribution in [3.8, 4) is 0 Å². The third-order valence-corrected chi connectivity index (χ3v) is 4.46. The predicted molar refractivity (Wildman–Crippen MR) is 113 cm³/mol. The van der Waals surface area contributed by atoms with Crippen molar-refractivity contribution in [1.82, 2.24) is 4.98 Å². The van der Waals surface area contributed by atoms with E-state index in [0.29, 0.717) is 16.9 Å². The molecule has 8 nitrogen and oxygen atoms in total. The van der Waals surface area contributed by atoms with Crippen LogP contribution in [0, 0.1) is 0 Å². The van der Waals surface area contributed by atoms with Crippen molar-refractivity contribution in [2.75, 3.05) is 18.1 Å². The Labute approximate surface area is 207 Å². The monoisotopic (exact) mass is 444 g/mol. The zero-order chi connectivity index (χ0) is 22.4. The second-order valence-corrected chi connectivity index (χ2v) is 6.41. The van der Waals surface area contributed by atoms with Crippen molar-refractivity contribution in [1.29, 1.82) is 0 Å². The molecule has 2 aromatic carbocycles.